The van der Waals surface area contributed by atoms with E-state index in [9.17, 15) is 0 Å². The number of hydrogen-bond donors (Lipinski definition) is 0. The Morgan fingerprint density at radius 1 is 0.724 bits per heavy atom. The highest BCUT2D eigenvalue weighted by Gasteiger charge is 2.35. The molecule has 0 N–H and O–H groups in total. The van der Waals surface area contributed by atoms with E-state index in [0.717, 1.165) is 50.8 Å². The fourth-order valence-corrected chi connectivity index (χ4v) is 3.80. The SMILES string of the molecule is COc1ccc(-c2c(-c3ccccc3)oc3c2C(OC)Oc2ccccc2-3)cc1. The number of methoxy groups -OCH3 is 2. The Hall–Kier alpha value is -3.50. The van der Waals surface area contributed by atoms with E-state index in [1.807, 2.05) is 78.9 Å². The van der Waals surface area contributed by atoms with E-state index in [1.165, 1.54) is 0 Å². The molecule has 1 aliphatic heterocycles. The maximum absolute atomic E-state index is 6.50. The van der Waals surface area contributed by atoms with Gasteiger partial charge < -0.3 is 18.6 Å². The normalized spacial score (nSPS) is 14.6. The van der Waals surface area contributed by atoms with Crippen LogP contribution in [0.4, 0.5) is 0 Å². The van der Waals surface area contributed by atoms with Gasteiger partial charge in [0.05, 0.1) is 18.2 Å². The molecule has 0 saturated heterocycles. The predicted molar refractivity (Wildman–Crippen MR) is 112 cm³/mol. The molecule has 4 heteroatoms. The van der Waals surface area contributed by atoms with Gasteiger partial charge in [0, 0.05) is 18.2 Å². The maximum atomic E-state index is 6.50. The van der Waals surface area contributed by atoms with Crippen LogP contribution >= 0.6 is 0 Å². The van der Waals surface area contributed by atoms with E-state index in [0.29, 0.717) is 0 Å². The number of fused-ring (bicyclic) bond motifs is 3. The van der Waals surface area contributed by atoms with E-state index in [2.05, 4.69) is 0 Å². The molecule has 0 spiro atoms. The Labute approximate surface area is 169 Å². The zero-order valence-corrected chi connectivity index (χ0v) is 16.2. The summed E-state index contributed by atoms with van der Waals surface area (Å²) in [5, 5.41) is 0. The Kier molecular flexibility index (Phi) is 4.34. The quantitative estimate of drug-likeness (QED) is 0.412. The Morgan fingerprint density at radius 2 is 1.45 bits per heavy atom. The first-order valence-electron chi connectivity index (χ1n) is 9.45. The predicted octanol–water partition coefficient (Wildman–Crippen LogP) is 6.33. The molecule has 1 aromatic heterocycles. The maximum Gasteiger partial charge on any atom is 0.230 e. The highest BCUT2D eigenvalue weighted by atomic mass is 16.7. The molecule has 144 valence electrons. The van der Waals surface area contributed by atoms with E-state index in [1.54, 1.807) is 14.2 Å². The lowest BCUT2D eigenvalue weighted by molar-refractivity contribution is -0.0579. The number of furan rings is 1. The minimum absolute atomic E-state index is 0.557. The zero-order chi connectivity index (χ0) is 19.8. The third-order valence-corrected chi connectivity index (χ3v) is 5.18. The summed E-state index contributed by atoms with van der Waals surface area (Å²) in [6.07, 6.45) is -0.557. The van der Waals surface area contributed by atoms with Crippen molar-refractivity contribution in [3.63, 3.8) is 0 Å². The zero-order valence-electron chi connectivity index (χ0n) is 16.2. The van der Waals surface area contributed by atoms with Crippen LogP contribution in [0.5, 0.6) is 11.5 Å². The fraction of sp³-hybridized carbons (Fsp3) is 0.120. The summed E-state index contributed by atoms with van der Waals surface area (Å²) in [6, 6.07) is 25.9. The topological polar surface area (TPSA) is 40.8 Å². The monoisotopic (exact) mass is 384 g/mol. The average molecular weight is 384 g/mol. The fourth-order valence-electron chi connectivity index (χ4n) is 3.80. The van der Waals surface area contributed by atoms with Crippen molar-refractivity contribution >= 4 is 0 Å². The van der Waals surface area contributed by atoms with Crippen LogP contribution in [0.3, 0.4) is 0 Å². The van der Waals surface area contributed by atoms with Crippen LogP contribution in [0, 0.1) is 0 Å². The van der Waals surface area contributed by atoms with Crippen molar-refractivity contribution in [1.82, 2.24) is 0 Å². The van der Waals surface area contributed by atoms with Gasteiger partial charge in [-0.3, -0.25) is 0 Å². The van der Waals surface area contributed by atoms with Crippen molar-refractivity contribution in [3.05, 3.63) is 84.4 Å². The second-order valence-electron chi connectivity index (χ2n) is 6.83. The van der Waals surface area contributed by atoms with Gasteiger partial charge in [0.2, 0.25) is 6.29 Å². The molecule has 2 heterocycles. The summed E-state index contributed by atoms with van der Waals surface area (Å²) in [4.78, 5) is 0. The molecular weight excluding hydrogens is 364 g/mol. The molecule has 4 aromatic rings. The smallest absolute Gasteiger partial charge is 0.230 e. The van der Waals surface area contributed by atoms with E-state index >= 15 is 0 Å². The van der Waals surface area contributed by atoms with Crippen LogP contribution in [0.15, 0.2) is 83.3 Å². The van der Waals surface area contributed by atoms with Crippen molar-refractivity contribution in [2.24, 2.45) is 0 Å². The Morgan fingerprint density at radius 3 is 2.17 bits per heavy atom. The van der Waals surface area contributed by atoms with E-state index in [4.69, 9.17) is 18.6 Å². The number of para-hydroxylation sites is 1. The van der Waals surface area contributed by atoms with E-state index < -0.39 is 6.29 Å². The molecule has 0 radical (unpaired) electrons. The molecule has 1 unspecified atom stereocenters. The highest BCUT2D eigenvalue weighted by molar-refractivity contribution is 5.89. The van der Waals surface area contributed by atoms with Gasteiger partial charge in [-0.05, 0) is 29.8 Å². The molecule has 5 rings (SSSR count). The van der Waals surface area contributed by atoms with Crippen LogP contribution in [-0.4, -0.2) is 14.2 Å². The van der Waals surface area contributed by atoms with Crippen molar-refractivity contribution in [2.45, 2.75) is 6.29 Å². The summed E-state index contributed by atoms with van der Waals surface area (Å²) in [6.45, 7) is 0. The molecule has 4 nitrogen and oxygen atoms in total. The first kappa shape index (κ1) is 17.6. The summed E-state index contributed by atoms with van der Waals surface area (Å²) < 4.78 is 23.7. The summed E-state index contributed by atoms with van der Waals surface area (Å²) >= 11 is 0. The van der Waals surface area contributed by atoms with E-state index in [-0.39, 0.29) is 0 Å². The molecule has 29 heavy (non-hydrogen) atoms. The Bertz CT molecular complexity index is 1140. The van der Waals surface area contributed by atoms with Gasteiger partial charge in [-0.15, -0.1) is 0 Å². The second kappa shape index (κ2) is 7.15. The van der Waals surface area contributed by atoms with Gasteiger partial charge >= 0.3 is 0 Å². The van der Waals surface area contributed by atoms with Crippen LogP contribution in [0.1, 0.15) is 11.9 Å². The lowest BCUT2D eigenvalue weighted by Gasteiger charge is -2.25. The lowest BCUT2D eigenvalue weighted by atomic mass is 9.94. The van der Waals surface area contributed by atoms with Crippen molar-refractivity contribution < 1.29 is 18.6 Å². The Balaban J connectivity index is 1.81. The van der Waals surface area contributed by atoms with Gasteiger partial charge in [0.25, 0.3) is 0 Å². The van der Waals surface area contributed by atoms with Crippen molar-refractivity contribution in [1.29, 1.82) is 0 Å². The molecule has 1 atom stereocenters. The summed E-state index contributed by atoms with van der Waals surface area (Å²) in [5.41, 5.74) is 4.80. The minimum atomic E-state index is -0.557. The molecule has 0 amide bonds. The molecule has 0 fully saturated rings. The van der Waals surface area contributed by atoms with Gasteiger partial charge in [-0.25, -0.2) is 0 Å². The molecular formula is C25H20O4. The van der Waals surface area contributed by atoms with Crippen LogP contribution in [0.2, 0.25) is 0 Å². The van der Waals surface area contributed by atoms with Gasteiger partial charge in [-0.2, -0.15) is 0 Å². The van der Waals surface area contributed by atoms with Crippen molar-refractivity contribution in [2.75, 3.05) is 14.2 Å². The number of benzene rings is 3. The van der Waals surface area contributed by atoms with Gasteiger partial charge in [0.15, 0.2) is 0 Å². The number of rotatable bonds is 4. The standard InChI is InChI=1S/C25H20O4/c1-26-18-14-12-16(13-15-18)21-22-24(29-23(21)17-8-4-3-5-9-17)19-10-6-7-11-20(19)28-25(22)27-2/h3-15,25H,1-2H3. The highest BCUT2D eigenvalue weighted by Crippen LogP contribution is 2.51. The third-order valence-electron chi connectivity index (χ3n) is 5.18. The van der Waals surface area contributed by atoms with Crippen molar-refractivity contribution in [3.8, 4) is 45.3 Å². The lowest BCUT2D eigenvalue weighted by Crippen LogP contribution is -2.15. The molecule has 1 aliphatic rings. The first-order chi connectivity index (χ1) is 14.3. The van der Waals surface area contributed by atoms with Crippen LogP contribution in [-0.2, 0) is 4.74 Å². The molecule has 0 aliphatic carbocycles. The van der Waals surface area contributed by atoms with Gasteiger partial charge in [-0.1, -0.05) is 54.6 Å². The molecule has 3 aromatic carbocycles. The first-order valence-corrected chi connectivity index (χ1v) is 9.45. The summed E-state index contributed by atoms with van der Waals surface area (Å²) in [5.74, 6) is 3.13. The van der Waals surface area contributed by atoms with Crippen LogP contribution in [0.25, 0.3) is 33.8 Å². The number of ether oxygens (including phenoxy) is 3. The number of hydrogen-bond acceptors (Lipinski definition) is 4. The minimum Gasteiger partial charge on any atom is -0.497 e. The largest absolute Gasteiger partial charge is 0.497 e. The van der Waals surface area contributed by atoms with Gasteiger partial charge in [0.1, 0.15) is 23.0 Å². The second-order valence-corrected chi connectivity index (χ2v) is 6.83. The third kappa shape index (κ3) is 2.89. The molecule has 0 bridgehead atoms. The summed E-state index contributed by atoms with van der Waals surface area (Å²) in [7, 11) is 3.31. The molecule has 0 saturated carbocycles. The average Bonchev–Trinajstić information content (AvgIpc) is 3.20. The van der Waals surface area contributed by atoms with Crippen LogP contribution < -0.4 is 9.47 Å².